The highest BCUT2D eigenvalue weighted by Gasteiger charge is 2.28. The number of hydrogen-bond donors (Lipinski definition) is 0. The van der Waals surface area contributed by atoms with Crippen molar-refractivity contribution in [3.05, 3.63) is 63.9 Å². The largest absolute Gasteiger partial charge is 0.489 e. The predicted octanol–water partition coefficient (Wildman–Crippen LogP) is 8.05. The van der Waals surface area contributed by atoms with Crippen LogP contribution in [0.3, 0.4) is 0 Å². The van der Waals surface area contributed by atoms with Crippen LogP contribution in [0.25, 0.3) is 6.08 Å². The van der Waals surface area contributed by atoms with Gasteiger partial charge in [-0.05, 0) is 65.6 Å². The fourth-order valence-corrected chi connectivity index (χ4v) is 3.66. The van der Waals surface area contributed by atoms with Gasteiger partial charge in [0.15, 0.2) is 0 Å². The summed E-state index contributed by atoms with van der Waals surface area (Å²) in [4.78, 5) is 2.18. The van der Waals surface area contributed by atoms with E-state index in [1.54, 1.807) is 6.08 Å². The van der Waals surface area contributed by atoms with Gasteiger partial charge in [0.05, 0.1) is 11.8 Å². The lowest BCUT2D eigenvalue weighted by molar-refractivity contribution is 0.237. The SMILES string of the molecule is CC(C)Oc1c(N(C)Cc2ccc(F)cc2/C=C\Cl)cc(C(C)(C)C)cc1C(C)(C)C. The van der Waals surface area contributed by atoms with Crippen LogP contribution in [-0.2, 0) is 17.4 Å². The highest BCUT2D eigenvalue weighted by molar-refractivity contribution is 6.27. The summed E-state index contributed by atoms with van der Waals surface area (Å²) < 4.78 is 20.2. The first-order chi connectivity index (χ1) is 14.2. The van der Waals surface area contributed by atoms with E-state index in [2.05, 4.69) is 79.5 Å². The van der Waals surface area contributed by atoms with Crippen molar-refractivity contribution in [3.63, 3.8) is 0 Å². The number of ether oxygens (including phenoxy) is 1. The Kier molecular flexibility index (Phi) is 7.86. The second kappa shape index (κ2) is 9.65. The summed E-state index contributed by atoms with van der Waals surface area (Å²) in [6, 6.07) is 9.34. The Bertz CT molecular complexity index is 935. The smallest absolute Gasteiger partial charge is 0.146 e. The molecule has 4 heteroatoms. The van der Waals surface area contributed by atoms with Gasteiger partial charge in [0.2, 0.25) is 0 Å². The zero-order chi connectivity index (χ0) is 23.6. The summed E-state index contributed by atoms with van der Waals surface area (Å²) in [5, 5.41) is 0. The molecule has 170 valence electrons. The molecule has 0 N–H and O–H groups in total. The standard InChI is InChI=1S/C27H37ClFNO/c1-18(2)31-25-23(27(6,7)8)15-21(26(3,4)5)16-24(25)30(9)17-20-10-11-22(29)14-19(20)12-13-28/h10-16,18H,17H2,1-9H3/b13-12-. The molecule has 0 fully saturated rings. The van der Waals surface area contributed by atoms with E-state index in [4.69, 9.17) is 16.3 Å². The molecule has 2 aromatic rings. The maximum Gasteiger partial charge on any atom is 0.146 e. The first-order valence-electron chi connectivity index (χ1n) is 10.9. The zero-order valence-electron chi connectivity index (χ0n) is 20.4. The average Bonchev–Trinajstić information content (AvgIpc) is 2.61. The van der Waals surface area contributed by atoms with Crippen molar-refractivity contribution in [1.82, 2.24) is 0 Å². The molecule has 31 heavy (non-hydrogen) atoms. The molecule has 0 saturated heterocycles. The maximum atomic E-state index is 13.8. The zero-order valence-corrected chi connectivity index (χ0v) is 21.2. The van der Waals surface area contributed by atoms with E-state index in [0.29, 0.717) is 6.54 Å². The van der Waals surface area contributed by atoms with Crippen LogP contribution in [0.2, 0.25) is 0 Å². The Morgan fingerprint density at radius 3 is 2.19 bits per heavy atom. The molecule has 0 unspecified atom stereocenters. The van der Waals surface area contributed by atoms with Crippen molar-refractivity contribution in [1.29, 1.82) is 0 Å². The van der Waals surface area contributed by atoms with Gasteiger partial charge in [-0.2, -0.15) is 0 Å². The highest BCUT2D eigenvalue weighted by atomic mass is 35.5. The van der Waals surface area contributed by atoms with Crippen LogP contribution in [0, 0.1) is 5.82 Å². The molecule has 2 nitrogen and oxygen atoms in total. The van der Waals surface area contributed by atoms with Gasteiger partial charge in [-0.25, -0.2) is 4.39 Å². The summed E-state index contributed by atoms with van der Waals surface area (Å²) in [7, 11) is 2.05. The van der Waals surface area contributed by atoms with Crippen LogP contribution in [0.1, 0.15) is 77.6 Å². The topological polar surface area (TPSA) is 12.5 Å². The second-order valence-electron chi connectivity index (χ2n) is 10.5. The molecule has 0 aliphatic carbocycles. The predicted molar refractivity (Wildman–Crippen MR) is 133 cm³/mol. The Labute approximate surface area is 193 Å². The third kappa shape index (κ3) is 6.49. The van der Waals surface area contributed by atoms with Gasteiger partial charge in [-0.1, -0.05) is 65.3 Å². The summed E-state index contributed by atoms with van der Waals surface area (Å²) >= 11 is 5.80. The summed E-state index contributed by atoms with van der Waals surface area (Å²) in [6.45, 7) is 18.0. The van der Waals surface area contributed by atoms with Gasteiger partial charge >= 0.3 is 0 Å². The van der Waals surface area contributed by atoms with E-state index in [0.717, 1.165) is 22.6 Å². The van der Waals surface area contributed by atoms with E-state index in [1.807, 2.05) is 6.07 Å². The van der Waals surface area contributed by atoms with Gasteiger partial charge in [0.1, 0.15) is 11.6 Å². The van der Waals surface area contributed by atoms with Crippen molar-refractivity contribution in [2.75, 3.05) is 11.9 Å². The molecule has 0 aromatic heterocycles. The van der Waals surface area contributed by atoms with E-state index in [9.17, 15) is 4.39 Å². The molecule has 0 aliphatic heterocycles. The van der Waals surface area contributed by atoms with E-state index >= 15 is 0 Å². The minimum atomic E-state index is -0.273. The van der Waals surface area contributed by atoms with Crippen LogP contribution >= 0.6 is 11.6 Å². The lowest BCUT2D eigenvalue weighted by Gasteiger charge is -2.33. The lowest BCUT2D eigenvalue weighted by Crippen LogP contribution is -2.24. The van der Waals surface area contributed by atoms with E-state index in [-0.39, 0.29) is 22.8 Å². The Morgan fingerprint density at radius 2 is 1.68 bits per heavy atom. The molecule has 0 spiro atoms. The lowest BCUT2D eigenvalue weighted by atomic mass is 9.79. The molecule has 0 aliphatic rings. The van der Waals surface area contributed by atoms with Crippen molar-refractivity contribution >= 4 is 23.4 Å². The molecule has 0 atom stereocenters. The maximum absolute atomic E-state index is 13.8. The highest BCUT2D eigenvalue weighted by Crippen LogP contribution is 2.43. The van der Waals surface area contributed by atoms with Crippen molar-refractivity contribution in [2.45, 2.75) is 78.9 Å². The minimum absolute atomic E-state index is 0.00561. The normalized spacial score (nSPS) is 12.6. The van der Waals surface area contributed by atoms with Gasteiger partial charge in [0, 0.05) is 24.7 Å². The molecule has 0 saturated carbocycles. The fraction of sp³-hybridized carbons (Fsp3) is 0.481. The van der Waals surface area contributed by atoms with Crippen LogP contribution < -0.4 is 9.64 Å². The molecule has 0 amide bonds. The molecule has 0 bridgehead atoms. The Morgan fingerprint density at radius 1 is 1.03 bits per heavy atom. The van der Waals surface area contributed by atoms with Crippen LogP contribution in [0.4, 0.5) is 10.1 Å². The molecular weight excluding hydrogens is 409 g/mol. The number of hydrogen-bond acceptors (Lipinski definition) is 2. The fourth-order valence-electron chi connectivity index (χ4n) is 3.52. The molecule has 0 radical (unpaired) electrons. The van der Waals surface area contributed by atoms with Crippen molar-refractivity contribution < 1.29 is 9.13 Å². The first-order valence-corrected chi connectivity index (χ1v) is 11.3. The third-order valence-corrected chi connectivity index (χ3v) is 5.39. The molecule has 0 heterocycles. The third-order valence-electron chi connectivity index (χ3n) is 5.27. The summed E-state index contributed by atoms with van der Waals surface area (Å²) in [6.07, 6.45) is 1.78. The number of benzene rings is 2. The van der Waals surface area contributed by atoms with Crippen molar-refractivity contribution in [2.24, 2.45) is 0 Å². The van der Waals surface area contributed by atoms with Crippen LogP contribution in [-0.4, -0.2) is 13.2 Å². The number of halogens is 2. The average molecular weight is 446 g/mol. The van der Waals surface area contributed by atoms with Crippen LogP contribution in [0.5, 0.6) is 5.75 Å². The Hall–Kier alpha value is -2.00. The first kappa shape index (κ1) is 25.3. The molecular formula is C27H37ClFNO. The number of rotatable bonds is 6. The molecule has 2 aromatic carbocycles. The van der Waals surface area contributed by atoms with Gasteiger partial charge in [0.25, 0.3) is 0 Å². The summed E-state index contributed by atoms with van der Waals surface area (Å²) in [5.74, 6) is 0.638. The van der Waals surface area contributed by atoms with E-state index < -0.39 is 0 Å². The second-order valence-corrected chi connectivity index (χ2v) is 10.8. The minimum Gasteiger partial charge on any atom is -0.489 e. The Balaban J connectivity index is 2.67. The van der Waals surface area contributed by atoms with Crippen LogP contribution in [0.15, 0.2) is 35.9 Å². The summed E-state index contributed by atoms with van der Waals surface area (Å²) in [5.41, 5.74) is 6.59. The monoisotopic (exact) mass is 445 g/mol. The quantitative estimate of drug-likeness (QED) is 0.445. The number of anilines is 1. The number of nitrogens with zero attached hydrogens (tertiary/aromatic N) is 1. The van der Waals surface area contributed by atoms with Crippen molar-refractivity contribution in [3.8, 4) is 5.75 Å². The van der Waals surface area contributed by atoms with Gasteiger partial charge in [-0.3, -0.25) is 0 Å². The van der Waals surface area contributed by atoms with E-state index in [1.165, 1.54) is 28.8 Å². The van der Waals surface area contributed by atoms with Gasteiger partial charge < -0.3 is 9.64 Å². The molecule has 2 rings (SSSR count). The van der Waals surface area contributed by atoms with Gasteiger partial charge in [-0.15, -0.1) is 0 Å².